The van der Waals surface area contributed by atoms with E-state index in [1.165, 1.54) is 11.4 Å². The number of hydrogen-bond donors (Lipinski definition) is 0. The van der Waals surface area contributed by atoms with Crippen LogP contribution in [-0.2, 0) is 12.8 Å². The zero-order valence-electron chi connectivity index (χ0n) is 13.5. The lowest BCUT2D eigenvalue weighted by atomic mass is 9.99. The number of piperidine rings is 1. The van der Waals surface area contributed by atoms with Crippen LogP contribution < -0.4 is 4.90 Å². The number of rotatable bonds is 4. The fourth-order valence-electron chi connectivity index (χ4n) is 2.98. The van der Waals surface area contributed by atoms with Crippen LogP contribution in [-0.4, -0.2) is 33.3 Å². The molecular formula is C16H23N5S. The molecule has 0 aromatic carbocycles. The highest BCUT2D eigenvalue weighted by Gasteiger charge is 2.25. The van der Waals surface area contributed by atoms with E-state index in [1.807, 2.05) is 0 Å². The zero-order valence-corrected chi connectivity index (χ0v) is 14.4. The first kappa shape index (κ1) is 15.3. The van der Waals surface area contributed by atoms with Crippen LogP contribution in [0.4, 0.5) is 5.95 Å². The lowest BCUT2D eigenvalue weighted by Crippen LogP contribution is -2.36. The third-order valence-corrected chi connectivity index (χ3v) is 5.31. The molecule has 3 heterocycles. The van der Waals surface area contributed by atoms with E-state index in [1.54, 1.807) is 11.3 Å². The highest BCUT2D eigenvalue weighted by atomic mass is 32.1. The number of aryl methyl sites for hydroxylation is 3. The number of thiazole rings is 1. The van der Waals surface area contributed by atoms with Crippen LogP contribution in [0, 0.1) is 6.92 Å². The Hall–Kier alpha value is -1.56. The van der Waals surface area contributed by atoms with E-state index in [9.17, 15) is 0 Å². The van der Waals surface area contributed by atoms with Crippen LogP contribution in [0.3, 0.4) is 0 Å². The standard InChI is InChI=1S/C16H23N5S/c1-4-13-14(5-2)19-20-16(18-13)21-8-6-7-12(9-21)15-17-11(3)10-22-15/h10,12H,4-9H2,1-3H3. The van der Waals surface area contributed by atoms with Gasteiger partial charge in [-0.15, -0.1) is 16.4 Å². The van der Waals surface area contributed by atoms with E-state index in [2.05, 4.69) is 46.2 Å². The highest BCUT2D eigenvalue weighted by Crippen LogP contribution is 2.30. The Labute approximate surface area is 135 Å². The molecule has 2 aromatic rings. The number of anilines is 1. The SMILES string of the molecule is CCc1nnc(N2CCCC(c3nc(C)cs3)C2)nc1CC. The minimum atomic E-state index is 0.493. The Morgan fingerprint density at radius 1 is 1.18 bits per heavy atom. The van der Waals surface area contributed by atoms with Crippen molar-refractivity contribution in [2.45, 2.75) is 52.4 Å². The first-order chi connectivity index (χ1) is 10.7. The molecule has 0 spiro atoms. The molecule has 1 unspecified atom stereocenters. The van der Waals surface area contributed by atoms with Crippen LogP contribution in [0.15, 0.2) is 5.38 Å². The fraction of sp³-hybridized carbons (Fsp3) is 0.625. The van der Waals surface area contributed by atoms with Crippen molar-refractivity contribution in [1.82, 2.24) is 20.2 Å². The predicted octanol–water partition coefficient (Wildman–Crippen LogP) is 3.15. The van der Waals surface area contributed by atoms with Crippen molar-refractivity contribution in [2.24, 2.45) is 0 Å². The van der Waals surface area contributed by atoms with Gasteiger partial charge in [-0.1, -0.05) is 13.8 Å². The number of nitrogens with zero attached hydrogens (tertiary/aromatic N) is 5. The molecule has 0 aliphatic carbocycles. The van der Waals surface area contributed by atoms with Gasteiger partial charge in [0.1, 0.15) is 0 Å². The summed E-state index contributed by atoms with van der Waals surface area (Å²) in [6.45, 7) is 8.25. The zero-order chi connectivity index (χ0) is 15.5. The summed E-state index contributed by atoms with van der Waals surface area (Å²) in [5.74, 6) is 1.28. The predicted molar refractivity (Wildman–Crippen MR) is 89.6 cm³/mol. The summed E-state index contributed by atoms with van der Waals surface area (Å²) in [5, 5.41) is 12.1. The van der Waals surface area contributed by atoms with Crippen LogP contribution in [0.5, 0.6) is 0 Å². The van der Waals surface area contributed by atoms with E-state index in [4.69, 9.17) is 4.98 Å². The minimum absolute atomic E-state index is 0.493. The molecule has 1 aliphatic heterocycles. The van der Waals surface area contributed by atoms with Crippen molar-refractivity contribution >= 4 is 17.3 Å². The van der Waals surface area contributed by atoms with Gasteiger partial charge in [-0.3, -0.25) is 0 Å². The Morgan fingerprint density at radius 2 is 2.00 bits per heavy atom. The van der Waals surface area contributed by atoms with Gasteiger partial charge in [-0.05, 0) is 32.6 Å². The molecule has 1 saturated heterocycles. The molecule has 0 N–H and O–H groups in total. The van der Waals surface area contributed by atoms with Crippen LogP contribution in [0.1, 0.15) is 54.7 Å². The summed E-state index contributed by atoms with van der Waals surface area (Å²) >= 11 is 1.77. The molecule has 1 fully saturated rings. The summed E-state index contributed by atoms with van der Waals surface area (Å²) in [4.78, 5) is 11.7. The van der Waals surface area contributed by atoms with Crippen molar-refractivity contribution in [1.29, 1.82) is 0 Å². The van der Waals surface area contributed by atoms with Gasteiger partial charge in [0, 0.05) is 30.1 Å². The maximum Gasteiger partial charge on any atom is 0.245 e. The summed E-state index contributed by atoms with van der Waals surface area (Å²) in [7, 11) is 0. The number of aromatic nitrogens is 4. The fourth-order valence-corrected chi connectivity index (χ4v) is 3.91. The summed E-state index contributed by atoms with van der Waals surface area (Å²) in [6, 6.07) is 0. The molecule has 1 aliphatic rings. The second kappa shape index (κ2) is 6.69. The van der Waals surface area contributed by atoms with E-state index >= 15 is 0 Å². The third-order valence-electron chi connectivity index (χ3n) is 4.19. The Kier molecular flexibility index (Phi) is 4.66. The molecule has 2 aromatic heterocycles. The Balaban J connectivity index is 1.79. The Bertz CT molecular complexity index is 639. The van der Waals surface area contributed by atoms with Gasteiger partial charge in [0.25, 0.3) is 0 Å². The maximum atomic E-state index is 4.75. The van der Waals surface area contributed by atoms with Gasteiger partial charge >= 0.3 is 0 Å². The normalized spacial score (nSPS) is 18.7. The summed E-state index contributed by atoms with van der Waals surface area (Å²) in [5.41, 5.74) is 3.23. The molecule has 22 heavy (non-hydrogen) atoms. The third kappa shape index (κ3) is 3.11. The van der Waals surface area contributed by atoms with Crippen LogP contribution >= 0.6 is 11.3 Å². The van der Waals surface area contributed by atoms with Gasteiger partial charge < -0.3 is 4.90 Å². The highest BCUT2D eigenvalue weighted by molar-refractivity contribution is 7.09. The van der Waals surface area contributed by atoms with Crippen LogP contribution in [0.2, 0.25) is 0 Å². The molecule has 1 atom stereocenters. The van der Waals surface area contributed by atoms with Crippen molar-refractivity contribution in [2.75, 3.05) is 18.0 Å². The lowest BCUT2D eigenvalue weighted by Gasteiger charge is -2.31. The van der Waals surface area contributed by atoms with Crippen molar-refractivity contribution in [3.8, 4) is 0 Å². The van der Waals surface area contributed by atoms with Crippen molar-refractivity contribution < 1.29 is 0 Å². The molecule has 5 nitrogen and oxygen atoms in total. The monoisotopic (exact) mass is 317 g/mol. The molecule has 6 heteroatoms. The van der Waals surface area contributed by atoms with Crippen molar-refractivity contribution in [3.05, 3.63) is 27.5 Å². The van der Waals surface area contributed by atoms with E-state index < -0.39 is 0 Å². The molecular weight excluding hydrogens is 294 g/mol. The molecule has 0 saturated carbocycles. The Morgan fingerprint density at radius 3 is 2.68 bits per heavy atom. The molecule has 118 valence electrons. The van der Waals surface area contributed by atoms with Gasteiger partial charge in [-0.2, -0.15) is 5.10 Å². The second-order valence-electron chi connectivity index (χ2n) is 5.82. The topological polar surface area (TPSA) is 54.8 Å². The van der Waals surface area contributed by atoms with E-state index in [-0.39, 0.29) is 0 Å². The minimum Gasteiger partial charge on any atom is -0.339 e. The average molecular weight is 317 g/mol. The smallest absolute Gasteiger partial charge is 0.245 e. The summed E-state index contributed by atoms with van der Waals surface area (Å²) < 4.78 is 0. The van der Waals surface area contributed by atoms with Crippen molar-refractivity contribution in [3.63, 3.8) is 0 Å². The molecule has 0 radical (unpaired) electrons. The van der Waals surface area contributed by atoms with E-state index in [0.29, 0.717) is 5.92 Å². The summed E-state index contributed by atoms with van der Waals surface area (Å²) in [6.07, 6.45) is 4.16. The quantitative estimate of drug-likeness (QED) is 0.867. The number of hydrogen-bond acceptors (Lipinski definition) is 6. The first-order valence-corrected chi connectivity index (χ1v) is 8.98. The average Bonchev–Trinajstić information content (AvgIpc) is 3.01. The second-order valence-corrected chi connectivity index (χ2v) is 6.71. The van der Waals surface area contributed by atoms with Gasteiger partial charge in [0.15, 0.2) is 0 Å². The largest absolute Gasteiger partial charge is 0.339 e. The van der Waals surface area contributed by atoms with Gasteiger partial charge in [0.2, 0.25) is 5.95 Å². The molecule has 3 rings (SSSR count). The molecule has 0 bridgehead atoms. The van der Waals surface area contributed by atoms with E-state index in [0.717, 1.165) is 55.4 Å². The molecule has 0 amide bonds. The van der Waals surface area contributed by atoms with Gasteiger partial charge in [0.05, 0.1) is 16.4 Å². The first-order valence-electron chi connectivity index (χ1n) is 8.10. The van der Waals surface area contributed by atoms with Gasteiger partial charge in [-0.25, -0.2) is 9.97 Å². The lowest BCUT2D eigenvalue weighted by molar-refractivity contribution is 0.498. The van der Waals surface area contributed by atoms with Crippen LogP contribution in [0.25, 0.3) is 0 Å². The maximum absolute atomic E-state index is 4.75.